The molecule has 2 aliphatic rings. The molecule has 24 heavy (non-hydrogen) atoms. The molecule has 1 N–H and O–H groups in total. The summed E-state index contributed by atoms with van der Waals surface area (Å²) in [5.74, 6) is 1.61. The maximum atomic E-state index is 12.9. The van der Waals surface area contributed by atoms with Crippen molar-refractivity contribution in [3.8, 4) is 0 Å². The van der Waals surface area contributed by atoms with Crippen molar-refractivity contribution in [1.29, 1.82) is 0 Å². The van der Waals surface area contributed by atoms with Gasteiger partial charge in [0.15, 0.2) is 0 Å². The van der Waals surface area contributed by atoms with Crippen molar-refractivity contribution in [2.24, 2.45) is 17.8 Å². The summed E-state index contributed by atoms with van der Waals surface area (Å²) in [7, 11) is 0. The molecule has 5 nitrogen and oxygen atoms in total. The summed E-state index contributed by atoms with van der Waals surface area (Å²) in [5, 5.41) is 3.65. The zero-order valence-corrected chi connectivity index (χ0v) is 16.3. The van der Waals surface area contributed by atoms with Crippen LogP contribution in [0.1, 0.15) is 60.8 Å². The molecular weight excluding hydrogens is 302 g/mol. The highest BCUT2D eigenvalue weighted by Gasteiger charge is 2.52. The van der Waals surface area contributed by atoms with Crippen LogP contribution < -0.4 is 5.32 Å². The van der Waals surface area contributed by atoms with Crippen LogP contribution >= 0.6 is 0 Å². The van der Waals surface area contributed by atoms with Crippen LogP contribution in [0, 0.1) is 17.8 Å². The third kappa shape index (κ3) is 3.93. The van der Waals surface area contributed by atoms with Crippen LogP contribution in [0.2, 0.25) is 0 Å². The Morgan fingerprint density at radius 2 is 1.71 bits per heavy atom. The van der Waals surface area contributed by atoms with Gasteiger partial charge in [0.1, 0.15) is 0 Å². The fourth-order valence-electron chi connectivity index (χ4n) is 3.91. The molecule has 0 aromatic carbocycles. The number of hydrogen-bond donors (Lipinski definition) is 1. The van der Waals surface area contributed by atoms with Gasteiger partial charge >= 0.3 is 0 Å². The smallest absolute Gasteiger partial charge is 0.241 e. The van der Waals surface area contributed by atoms with E-state index < -0.39 is 0 Å². The van der Waals surface area contributed by atoms with E-state index in [2.05, 4.69) is 51.8 Å². The van der Waals surface area contributed by atoms with Crippen LogP contribution in [0.15, 0.2) is 0 Å². The lowest BCUT2D eigenvalue weighted by molar-refractivity contribution is -0.138. The maximum absolute atomic E-state index is 12.9. The van der Waals surface area contributed by atoms with Gasteiger partial charge in [0, 0.05) is 38.9 Å². The number of piperidine rings is 1. The van der Waals surface area contributed by atoms with Crippen molar-refractivity contribution in [2.75, 3.05) is 19.6 Å². The van der Waals surface area contributed by atoms with E-state index in [0.717, 1.165) is 32.5 Å². The van der Waals surface area contributed by atoms with E-state index in [-0.39, 0.29) is 29.4 Å². The minimum atomic E-state index is -0.259. The quantitative estimate of drug-likeness (QED) is 0.838. The van der Waals surface area contributed by atoms with Gasteiger partial charge in [-0.3, -0.25) is 14.9 Å². The van der Waals surface area contributed by atoms with E-state index in [1.807, 2.05) is 4.90 Å². The highest BCUT2D eigenvalue weighted by Crippen LogP contribution is 2.35. The van der Waals surface area contributed by atoms with Crippen molar-refractivity contribution < 1.29 is 9.59 Å². The highest BCUT2D eigenvalue weighted by atomic mass is 16.2. The Morgan fingerprint density at radius 3 is 2.17 bits per heavy atom. The first kappa shape index (κ1) is 19.2. The summed E-state index contributed by atoms with van der Waals surface area (Å²) in [6, 6.07) is -0.0957. The lowest BCUT2D eigenvalue weighted by atomic mass is 9.94. The van der Waals surface area contributed by atoms with Gasteiger partial charge in [0.25, 0.3) is 0 Å². The average molecular weight is 338 g/mol. The number of carbonyl (C=O) groups excluding carboxylic acids is 2. The molecule has 1 spiro atoms. The molecular formula is C19H35N3O2. The molecule has 2 rings (SSSR count). The fourth-order valence-corrected chi connectivity index (χ4v) is 3.91. The molecule has 5 heteroatoms. The highest BCUT2D eigenvalue weighted by molar-refractivity contribution is 5.85. The first-order valence-electron chi connectivity index (χ1n) is 9.53. The van der Waals surface area contributed by atoms with E-state index in [1.165, 1.54) is 0 Å². The molecule has 138 valence electrons. The Kier molecular flexibility index (Phi) is 5.95. The Labute approximate surface area is 147 Å². The van der Waals surface area contributed by atoms with Gasteiger partial charge in [-0.25, -0.2) is 0 Å². The second-order valence-corrected chi connectivity index (χ2v) is 8.72. The van der Waals surface area contributed by atoms with Crippen LogP contribution in [-0.2, 0) is 9.59 Å². The van der Waals surface area contributed by atoms with Crippen molar-refractivity contribution in [3.05, 3.63) is 0 Å². The van der Waals surface area contributed by atoms with Crippen LogP contribution in [0.25, 0.3) is 0 Å². The van der Waals surface area contributed by atoms with Crippen molar-refractivity contribution in [2.45, 2.75) is 72.5 Å². The summed E-state index contributed by atoms with van der Waals surface area (Å²) in [6.45, 7) is 14.9. The summed E-state index contributed by atoms with van der Waals surface area (Å²) in [5.41, 5.74) is -0.259. The SMILES string of the molecule is CC(C)CC(=O)N1CCC2(CC1)NC(C(C)C)C(=O)N2CC(C)C. The van der Waals surface area contributed by atoms with E-state index in [4.69, 9.17) is 0 Å². The number of nitrogens with one attached hydrogen (secondary N) is 1. The molecule has 2 amide bonds. The van der Waals surface area contributed by atoms with Gasteiger partial charge in [-0.2, -0.15) is 0 Å². The van der Waals surface area contributed by atoms with Gasteiger partial charge in [-0.1, -0.05) is 41.5 Å². The summed E-state index contributed by atoms with van der Waals surface area (Å²) in [4.78, 5) is 29.3. The molecule has 2 saturated heterocycles. The zero-order chi connectivity index (χ0) is 18.1. The Bertz CT molecular complexity index is 465. The van der Waals surface area contributed by atoms with Gasteiger partial charge < -0.3 is 9.80 Å². The molecule has 0 bridgehead atoms. The molecule has 1 atom stereocenters. The van der Waals surface area contributed by atoms with Gasteiger partial charge in [0.2, 0.25) is 11.8 Å². The standard InChI is InChI=1S/C19H35N3O2/c1-13(2)11-16(23)21-9-7-19(8-10-21)20-17(15(5)6)18(24)22(19)12-14(3)4/h13-15,17,20H,7-12H2,1-6H3. The number of rotatable bonds is 5. The number of hydrogen-bond acceptors (Lipinski definition) is 3. The molecule has 1 unspecified atom stereocenters. The van der Waals surface area contributed by atoms with Crippen LogP contribution in [-0.4, -0.2) is 53.0 Å². The van der Waals surface area contributed by atoms with Gasteiger partial charge in [-0.15, -0.1) is 0 Å². The molecule has 2 heterocycles. The molecule has 0 saturated carbocycles. The molecule has 0 aromatic rings. The monoisotopic (exact) mass is 337 g/mol. The topological polar surface area (TPSA) is 52.7 Å². The van der Waals surface area contributed by atoms with Crippen molar-refractivity contribution in [3.63, 3.8) is 0 Å². The predicted molar refractivity (Wildman–Crippen MR) is 96.3 cm³/mol. The van der Waals surface area contributed by atoms with Crippen LogP contribution in [0.3, 0.4) is 0 Å². The van der Waals surface area contributed by atoms with Crippen molar-refractivity contribution in [1.82, 2.24) is 15.1 Å². The van der Waals surface area contributed by atoms with Crippen LogP contribution in [0.5, 0.6) is 0 Å². The second-order valence-electron chi connectivity index (χ2n) is 8.72. The molecule has 0 radical (unpaired) electrons. The molecule has 0 aromatic heterocycles. The number of nitrogens with zero attached hydrogens (tertiary/aromatic N) is 2. The minimum Gasteiger partial charge on any atom is -0.342 e. The third-order valence-electron chi connectivity index (χ3n) is 5.21. The van der Waals surface area contributed by atoms with Gasteiger partial charge in [-0.05, 0) is 17.8 Å². The molecule has 2 aliphatic heterocycles. The Balaban J connectivity index is 2.10. The van der Waals surface area contributed by atoms with Gasteiger partial charge in [0.05, 0.1) is 11.7 Å². The maximum Gasteiger partial charge on any atom is 0.241 e. The van der Waals surface area contributed by atoms with E-state index in [1.54, 1.807) is 0 Å². The van der Waals surface area contributed by atoms with Crippen LogP contribution in [0.4, 0.5) is 0 Å². The summed E-state index contributed by atoms with van der Waals surface area (Å²) >= 11 is 0. The van der Waals surface area contributed by atoms with E-state index in [9.17, 15) is 9.59 Å². The summed E-state index contributed by atoms with van der Waals surface area (Å²) < 4.78 is 0. The molecule has 0 aliphatic carbocycles. The number of carbonyl (C=O) groups is 2. The predicted octanol–water partition coefficient (Wildman–Crippen LogP) is 2.46. The number of amides is 2. The van der Waals surface area contributed by atoms with E-state index >= 15 is 0 Å². The third-order valence-corrected chi connectivity index (χ3v) is 5.21. The summed E-state index contributed by atoms with van der Waals surface area (Å²) in [6.07, 6.45) is 2.28. The fraction of sp³-hybridized carbons (Fsp3) is 0.895. The Hall–Kier alpha value is -1.10. The lowest BCUT2D eigenvalue weighted by Crippen LogP contribution is -2.60. The minimum absolute atomic E-state index is 0.0957. The first-order valence-corrected chi connectivity index (χ1v) is 9.53. The number of likely N-dealkylation sites (tertiary alicyclic amines) is 1. The van der Waals surface area contributed by atoms with Crippen molar-refractivity contribution >= 4 is 11.8 Å². The first-order chi connectivity index (χ1) is 11.2. The molecule has 2 fully saturated rings. The zero-order valence-electron chi connectivity index (χ0n) is 16.3. The largest absolute Gasteiger partial charge is 0.342 e. The lowest BCUT2D eigenvalue weighted by Gasteiger charge is -2.45. The average Bonchev–Trinajstić information content (AvgIpc) is 2.73. The second kappa shape index (κ2) is 7.42. The van der Waals surface area contributed by atoms with E-state index in [0.29, 0.717) is 18.3 Å². The normalized spacial score (nSPS) is 24.0. The Morgan fingerprint density at radius 1 is 1.12 bits per heavy atom.